The minimum atomic E-state index is -0.843. The van der Waals surface area contributed by atoms with E-state index in [0.717, 1.165) is 22.2 Å². The molecule has 2 atom stereocenters. The van der Waals surface area contributed by atoms with Gasteiger partial charge in [-0.15, -0.1) is 0 Å². The molecule has 216 valence electrons. The Labute approximate surface area is 241 Å². The van der Waals surface area contributed by atoms with E-state index in [0.29, 0.717) is 42.8 Å². The molecule has 0 saturated carbocycles. The van der Waals surface area contributed by atoms with Crippen molar-refractivity contribution in [1.82, 2.24) is 15.0 Å². The molecule has 1 saturated heterocycles. The van der Waals surface area contributed by atoms with Crippen molar-refractivity contribution >= 4 is 16.9 Å². The Morgan fingerprint density at radius 1 is 1.17 bits per heavy atom. The van der Waals surface area contributed by atoms with Crippen molar-refractivity contribution in [3.8, 4) is 22.9 Å². The van der Waals surface area contributed by atoms with Gasteiger partial charge in [0.15, 0.2) is 11.6 Å². The molecule has 0 spiro atoms. The third-order valence-electron chi connectivity index (χ3n) is 8.19. The topological polar surface area (TPSA) is 100 Å². The Morgan fingerprint density at radius 2 is 2.02 bits per heavy atom. The van der Waals surface area contributed by atoms with Crippen LogP contribution in [-0.2, 0) is 21.4 Å². The van der Waals surface area contributed by atoms with Gasteiger partial charge in [-0.2, -0.15) is 0 Å². The first-order valence-electron chi connectivity index (χ1n) is 14.0. The van der Waals surface area contributed by atoms with Gasteiger partial charge in [0.1, 0.15) is 17.4 Å². The number of hydrogen-bond acceptors (Lipinski definition) is 4. The van der Waals surface area contributed by atoms with E-state index in [1.165, 1.54) is 24.3 Å². The fourth-order valence-corrected chi connectivity index (χ4v) is 6.04. The third-order valence-corrected chi connectivity index (χ3v) is 8.19. The van der Waals surface area contributed by atoms with E-state index in [1.807, 2.05) is 31.2 Å². The summed E-state index contributed by atoms with van der Waals surface area (Å²) in [7, 11) is 0. The number of imidazole rings is 1. The summed E-state index contributed by atoms with van der Waals surface area (Å²) in [5.74, 6) is -1.17. The molecule has 3 N–H and O–H groups in total. The molecule has 5 aromatic rings. The first-order valence-corrected chi connectivity index (χ1v) is 14.0. The van der Waals surface area contributed by atoms with Crippen molar-refractivity contribution in [3.63, 3.8) is 0 Å². The molecule has 1 aliphatic rings. The lowest BCUT2D eigenvalue weighted by atomic mass is 9.70. The lowest BCUT2D eigenvalue weighted by Crippen LogP contribution is -2.39. The smallest absolute Gasteiger partial charge is 0.303 e. The van der Waals surface area contributed by atoms with Gasteiger partial charge in [0, 0.05) is 59.1 Å². The number of aliphatic carboxylic acids is 1. The average molecular weight is 572 g/mol. The third kappa shape index (κ3) is 5.16. The molecule has 0 amide bonds. The molecule has 1 fully saturated rings. The highest BCUT2D eigenvalue weighted by atomic mass is 19.1. The molecule has 0 unspecified atom stereocenters. The first-order chi connectivity index (χ1) is 20.2. The number of nitrogens with zero attached hydrogens (tertiary/aromatic N) is 1. The average Bonchev–Trinajstić information content (AvgIpc) is 3.66. The number of nitrogens with one attached hydrogen (secondary N) is 2. The van der Waals surface area contributed by atoms with E-state index in [4.69, 9.17) is 14.6 Å². The number of carboxylic acids is 1. The van der Waals surface area contributed by atoms with E-state index < -0.39 is 23.0 Å². The van der Waals surface area contributed by atoms with Crippen molar-refractivity contribution in [2.75, 3.05) is 6.61 Å². The van der Waals surface area contributed by atoms with Gasteiger partial charge in [-0.1, -0.05) is 24.3 Å². The van der Waals surface area contributed by atoms with Gasteiger partial charge in [-0.25, -0.2) is 13.8 Å². The number of halogens is 2. The van der Waals surface area contributed by atoms with Gasteiger partial charge in [0.05, 0.1) is 11.7 Å². The highest BCUT2D eigenvalue weighted by Crippen LogP contribution is 2.44. The SMILES string of the molecule is Cc1c(Oc2ccc(F)c(-c3ncc([C@]4(c5cccc(CCC(=O)O)c5)CCO[C@H](C)C4)[nH]3)c2)c(F)cc2[nH]ccc12. The summed E-state index contributed by atoms with van der Waals surface area (Å²) in [5, 5.41) is 10.0. The van der Waals surface area contributed by atoms with Crippen LogP contribution < -0.4 is 4.74 Å². The van der Waals surface area contributed by atoms with Crippen molar-refractivity contribution in [2.24, 2.45) is 0 Å². The summed E-state index contributed by atoms with van der Waals surface area (Å²) in [6, 6.07) is 15.5. The molecular formula is C33H31F2N3O4. The lowest BCUT2D eigenvalue weighted by Gasteiger charge is -2.40. The fraction of sp³-hybridized carbons (Fsp3) is 0.273. The highest BCUT2D eigenvalue weighted by molar-refractivity contribution is 5.85. The minimum absolute atomic E-state index is 0.0304. The van der Waals surface area contributed by atoms with Gasteiger partial charge >= 0.3 is 5.97 Å². The van der Waals surface area contributed by atoms with Gasteiger partial charge in [-0.3, -0.25) is 4.79 Å². The molecule has 2 aromatic heterocycles. The number of carboxylic acid groups (broad SMARTS) is 1. The zero-order valence-electron chi connectivity index (χ0n) is 23.3. The summed E-state index contributed by atoms with van der Waals surface area (Å²) >= 11 is 0. The fourth-order valence-electron chi connectivity index (χ4n) is 6.04. The van der Waals surface area contributed by atoms with Gasteiger partial charge < -0.3 is 24.5 Å². The second kappa shape index (κ2) is 11.1. The molecule has 42 heavy (non-hydrogen) atoms. The number of hydrogen-bond donors (Lipinski definition) is 3. The minimum Gasteiger partial charge on any atom is -0.481 e. The van der Waals surface area contributed by atoms with E-state index in [9.17, 15) is 9.18 Å². The predicted octanol–water partition coefficient (Wildman–Crippen LogP) is 7.44. The second-order valence-electron chi connectivity index (χ2n) is 11.0. The molecule has 0 bridgehead atoms. The van der Waals surface area contributed by atoms with Crippen LogP contribution in [0.3, 0.4) is 0 Å². The van der Waals surface area contributed by atoms with E-state index >= 15 is 4.39 Å². The van der Waals surface area contributed by atoms with Crippen LogP contribution in [0.2, 0.25) is 0 Å². The second-order valence-corrected chi connectivity index (χ2v) is 11.0. The van der Waals surface area contributed by atoms with Gasteiger partial charge in [0.2, 0.25) is 0 Å². The largest absolute Gasteiger partial charge is 0.481 e. The van der Waals surface area contributed by atoms with Crippen LogP contribution in [0, 0.1) is 18.6 Å². The van der Waals surface area contributed by atoms with Crippen LogP contribution >= 0.6 is 0 Å². The maximum absolute atomic E-state index is 15.2. The number of aromatic amines is 2. The summed E-state index contributed by atoms with van der Waals surface area (Å²) in [6.07, 6.45) is 5.25. The Balaban J connectivity index is 1.35. The quantitative estimate of drug-likeness (QED) is 0.180. The van der Waals surface area contributed by atoms with Crippen LogP contribution in [0.5, 0.6) is 11.5 Å². The predicted molar refractivity (Wildman–Crippen MR) is 155 cm³/mol. The van der Waals surface area contributed by atoms with E-state index in [1.54, 1.807) is 19.3 Å². The van der Waals surface area contributed by atoms with Crippen molar-refractivity contribution in [2.45, 2.75) is 51.0 Å². The first kappa shape index (κ1) is 27.7. The maximum Gasteiger partial charge on any atom is 0.303 e. The van der Waals surface area contributed by atoms with Crippen molar-refractivity contribution in [1.29, 1.82) is 0 Å². The van der Waals surface area contributed by atoms with Crippen molar-refractivity contribution < 1.29 is 28.2 Å². The Bertz CT molecular complexity index is 1780. The molecule has 6 rings (SSSR count). The highest BCUT2D eigenvalue weighted by Gasteiger charge is 2.40. The number of H-pyrrole nitrogens is 2. The normalized spacial score (nSPS) is 18.8. The standard InChI is InChI=1S/C33H31F2N3O4/c1-19-17-33(11-13-41-19,22-5-3-4-21(14-22)6-9-30(39)40)29-18-37-32(38-29)25-15-23(7-8-26(25)34)42-31-20(2)24-10-12-36-28(24)16-27(31)35/h3-5,7-8,10,12,14-16,18-19,36H,6,9,11,13,17H2,1-2H3,(H,37,38)(H,39,40)/t19-,33-/m1/s1. The molecule has 1 aliphatic heterocycles. The summed E-state index contributed by atoms with van der Waals surface area (Å²) in [4.78, 5) is 22.1. The molecule has 7 nitrogen and oxygen atoms in total. The molecule has 9 heteroatoms. The number of aryl methyl sites for hydroxylation is 2. The van der Waals surface area contributed by atoms with Gasteiger partial charge in [0.25, 0.3) is 0 Å². The number of rotatable bonds is 8. The van der Waals surface area contributed by atoms with Crippen LogP contribution in [0.1, 0.15) is 48.6 Å². The van der Waals surface area contributed by atoms with Crippen LogP contribution in [0.4, 0.5) is 8.78 Å². The lowest BCUT2D eigenvalue weighted by molar-refractivity contribution is -0.136. The zero-order valence-corrected chi connectivity index (χ0v) is 23.3. The van der Waals surface area contributed by atoms with Crippen molar-refractivity contribution in [3.05, 3.63) is 101 Å². The van der Waals surface area contributed by atoms with E-state index in [-0.39, 0.29) is 29.6 Å². The molecule has 0 aliphatic carbocycles. The van der Waals surface area contributed by atoms with Crippen LogP contribution in [0.25, 0.3) is 22.3 Å². The van der Waals surface area contributed by atoms with Gasteiger partial charge in [-0.05, 0) is 68.5 Å². The summed E-state index contributed by atoms with van der Waals surface area (Å²) < 4.78 is 42.0. The van der Waals surface area contributed by atoms with E-state index in [2.05, 4.69) is 21.0 Å². The zero-order chi connectivity index (χ0) is 29.4. The Morgan fingerprint density at radius 3 is 2.83 bits per heavy atom. The monoisotopic (exact) mass is 571 g/mol. The Hall–Kier alpha value is -4.50. The summed E-state index contributed by atoms with van der Waals surface area (Å²) in [6.45, 7) is 4.33. The number of carbonyl (C=O) groups is 1. The number of benzene rings is 3. The maximum atomic E-state index is 15.2. The summed E-state index contributed by atoms with van der Waals surface area (Å²) in [5.41, 5.74) is 3.80. The van der Waals surface area contributed by atoms with Crippen LogP contribution in [0.15, 0.2) is 67.0 Å². The number of ether oxygens (including phenoxy) is 2. The molecule has 3 aromatic carbocycles. The number of aromatic nitrogens is 3. The molecule has 0 radical (unpaired) electrons. The number of fused-ring (bicyclic) bond motifs is 1. The molecule has 3 heterocycles. The van der Waals surface area contributed by atoms with Crippen LogP contribution in [-0.4, -0.2) is 38.7 Å². The Kier molecular flexibility index (Phi) is 7.28. The molecular weight excluding hydrogens is 540 g/mol.